The van der Waals surface area contributed by atoms with Gasteiger partial charge in [0.15, 0.2) is 0 Å². The molecule has 1 aromatic carbocycles. The molecule has 0 unspecified atom stereocenters. The molecule has 6 nitrogen and oxygen atoms in total. The van der Waals surface area contributed by atoms with E-state index < -0.39 is 11.9 Å². The van der Waals surface area contributed by atoms with Gasteiger partial charge in [0.1, 0.15) is 0 Å². The van der Waals surface area contributed by atoms with Crippen molar-refractivity contribution in [1.29, 1.82) is 0 Å². The number of esters is 1. The second-order valence-electron chi connectivity index (χ2n) is 7.07. The number of nitrogens with one attached hydrogen (secondary N) is 2. The minimum absolute atomic E-state index is 0.131. The summed E-state index contributed by atoms with van der Waals surface area (Å²) in [6.07, 6.45) is 15.2. The number of carbonyl (C=O) groups excluding carboxylic acids is 3. The first-order valence-corrected chi connectivity index (χ1v) is 10.7. The van der Waals surface area contributed by atoms with Gasteiger partial charge in [0.05, 0.1) is 7.11 Å². The lowest BCUT2D eigenvalue weighted by Gasteiger charge is -2.04. The van der Waals surface area contributed by atoms with Gasteiger partial charge in [-0.1, -0.05) is 64.0 Å². The summed E-state index contributed by atoms with van der Waals surface area (Å²) in [5.74, 6) is -1.17. The molecular weight excluding hydrogens is 380 g/mol. The molecule has 1 rings (SSSR count). The molecule has 2 N–H and O–H groups in total. The lowest BCUT2D eigenvalue weighted by Crippen LogP contribution is -2.21. The van der Waals surface area contributed by atoms with Crippen LogP contribution in [0, 0.1) is 0 Å². The monoisotopic (exact) mass is 414 g/mol. The molecule has 0 radical (unpaired) electrons. The van der Waals surface area contributed by atoms with Crippen LogP contribution in [-0.4, -0.2) is 31.4 Å². The first-order chi connectivity index (χ1) is 14.5. The van der Waals surface area contributed by atoms with Crippen LogP contribution in [0.1, 0.15) is 63.9 Å². The Morgan fingerprint density at radius 3 is 2.30 bits per heavy atom. The molecule has 0 saturated heterocycles. The number of amides is 2. The molecule has 1 aromatic rings. The molecule has 0 aliphatic heterocycles. The number of ether oxygens (including phenoxy) is 1. The molecule has 0 aliphatic rings. The SMILES string of the molecule is CCCCCCCCCCNC(=O)C=Cc1cccc(NC(=O)C=CC(=O)OC)c1. The van der Waals surface area contributed by atoms with Gasteiger partial charge in [-0.2, -0.15) is 0 Å². The van der Waals surface area contributed by atoms with Gasteiger partial charge in [0.2, 0.25) is 11.8 Å². The van der Waals surface area contributed by atoms with Crippen molar-refractivity contribution in [2.24, 2.45) is 0 Å². The quantitative estimate of drug-likeness (QED) is 0.264. The summed E-state index contributed by atoms with van der Waals surface area (Å²) >= 11 is 0. The van der Waals surface area contributed by atoms with Crippen LogP contribution in [0.2, 0.25) is 0 Å². The maximum Gasteiger partial charge on any atom is 0.330 e. The number of rotatable bonds is 14. The van der Waals surface area contributed by atoms with Crippen molar-refractivity contribution >= 4 is 29.5 Å². The third-order valence-electron chi connectivity index (χ3n) is 4.48. The topological polar surface area (TPSA) is 84.5 Å². The number of unbranched alkanes of at least 4 members (excludes halogenated alkanes) is 7. The van der Waals surface area contributed by atoms with E-state index in [1.54, 1.807) is 24.3 Å². The van der Waals surface area contributed by atoms with Crippen LogP contribution in [0.3, 0.4) is 0 Å². The van der Waals surface area contributed by atoms with E-state index in [0.717, 1.165) is 30.6 Å². The molecule has 30 heavy (non-hydrogen) atoms. The highest BCUT2D eigenvalue weighted by molar-refractivity contribution is 6.02. The highest BCUT2D eigenvalue weighted by Crippen LogP contribution is 2.12. The Morgan fingerprint density at radius 2 is 1.60 bits per heavy atom. The fraction of sp³-hybridized carbons (Fsp3) is 0.458. The third-order valence-corrected chi connectivity index (χ3v) is 4.48. The molecule has 6 heteroatoms. The number of carbonyl (C=O) groups is 3. The zero-order chi connectivity index (χ0) is 22.0. The summed E-state index contributed by atoms with van der Waals surface area (Å²) in [5.41, 5.74) is 1.35. The van der Waals surface area contributed by atoms with E-state index in [1.807, 2.05) is 6.07 Å². The molecule has 0 bridgehead atoms. The zero-order valence-electron chi connectivity index (χ0n) is 18.1. The van der Waals surface area contributed by atoms with E-state index in [-0.39, 0.29) is 5.91 Å². The Bertz CT molecular complexity index is 726. The van der Waals surface area contributed by atoms with E-state index in [1.165, 1.54) is 51.7 Å². The van der Waals surface area contributed by atoms with Crippen molar-refractivity contribution in [1.82, 2.24) is 5.32 Å². The summed E-state index contributed by atoms with van der Waals surface area (Å²) in [6.45, 7) is 2.90. The maximum atomic E-state index is 11.9. The number of methoxy groups -OCH3 is 1. The Hall–Kier alpha value is -2.89. The van der Waals surface area contributed by atoms with Crippen LogP contribution in [-0.2, 0) is 19.1 Å². The van der Waals surface area contributed by atoms with E-state index in [4.69, 9.17) is 0 Å². The van der Waals surface area contributed by atoms with Crippen molar-refractivity contribution in [3.05, 3.63) is 48.1 Å². The van der Waals surface area contributed by atoms with E-state index in [9.17, 15) is 14.4 Å². The van der Waals surface area contributed by atoms with Crippen molar-refractivity contribution in [3.8, 4) is 0 Å². The van der Waals surface area contributed by atoms with Gasteiger partial charge in [-0.25, -0.2) is 4.79 Å². The fourth-order valence-corrected chi connectivity index (χ4v) is 2.82. The molecule has 0 spiro atoms. The van der Waals surface area contributed by atoms with Gasteiger partial charge in [-0.05, 0) is 30.2 Å². The minimum Gasteiger partial charge on any atom is -0.466 e. The Morgan fingerprint density at radius 1 is 0.900 bits per heavy atom. The molecule has 0 aromatic heterocycles. The van der Waals surface area contributed by atoms with Crippen LogP contribution in [0.25, 0.3) is 6.08 Å². The molecule has 164 valence electrons. The molecule has 0 aliphatic carbocycles. The normalized spacial score (nSPS) is 11.0. The molecule has 0 saturated carbocycles. The van der Waals surface area contributed by atoms with Gasteiger partial charge < -0.3 is 15.4 Å². The first-order valence-electron chi connectivity index (χ1n) is 10.7. The predicted octanol–water partition coefficient (Wildman–Crippen LogP) is 4.62. The van der Waals surface area contributed by atoms with Gasteiger partial charge in [-0.15, -0.1) is 0 Å². The highest BCUT2D eigenvalue weighted by atomic mass is 16.5. The van der Waals surface area contributed by atoms with Gasteiger partial charge in [0.25, 0.3) is 0 Å². The summed E-state index contributed by atoms with van der Waals surface area (Å²) in [5, 5.41) is 5.55. The van der Waals surface area contributed by atoms with E-state index in [0.29, 0.717) is 12.2 Å². The van der Waals surface area contributed by atoms with E-state index >= 15 is 0 Å². The lowest BCUT2D eigenvalue weighted by atomic mass is 10.1. The zero-order valence-corrected chi connectivity index (χ0v) is 18.1. The average Bonchev–Trinajstić information content (AvgIpc) is 2.75. The maximum absolute atomic E-state index is 11.9. The number of hydrogen-bond acceptors (Lipinski definition) is 4. The molecule has 0 fully saturated rings. The third kappa shape index (κ3) is 12.5. The van der Waals surface area contributed by atoms with Crippen molar-refractivity contribution in [2.75, 3.05) is 19.0 Å². The average molecular weight is 415 g/mol. The second-order valence-corrected chi connectivity index (χ2v) is 7.07. The van der Waals surface area contributed by atoms with Gasteiger partial charge in [0, 0.05) is 30.5 Å². The summed E-state index contributed by atoms with van der Waals surface area (Å²) in [6, 6.07) is 7.08. The van der Waals surface area contributed by atoms with Crippen LogP contribution in [0.5, 0.6) is 0 Å². The largest absolute Gasteiger partial charge is 0.466 e. The van der Waals surface area contributed by atoms with Crippen LogP contribution in [0.4, 0.5) is 5.69 Å². The van der Waals surface area contributed by atoms with E-state index in [2.05, 4.69) is 22.3 Å². The smallest absolute Gasteiger partial charge is 0.330 e. The van der Waals surface area contributed by atoms with Gasteiger partial charge >= 0.3 is 5.97 Å². The first kappa shape index (κ1) is 25.1. The minimum atomic E-state index is -0.597. The Labute approximate surface area is 179 Å². The molecule has 0 atom stereocenters. The Balaban J connectivity index is 2.31. The number of hydrogen-bond donors (Lipinski definition) is 2. The van der Waals surface area contributed by atoms with Gasteiger partial charge in [-0.3, -0.25) is 9.59 Å². The molecular formula is C24H34N2O4. The van der Waals surface area contributed by atoms with Crippen LogP contribution < -0.4 is 10.6 Å². The predicted molar refractivity (Wildman–Crippen MR) is 121 cm³/mol. The standard InChI is InChI=1S/C24H34N2O4/c1-3-4-5-6-7-8-9-10-18-25-22(27)15-14-20-12-11-13-21(19-20)26-23(28)16-17-24(29)30-2/h11-17,19H,3-10,18H2,1-2H3,(H,25,27)(H,26,28). The summed E-state index contributed by atoms with van der Waals surface area (Å²) in [4.78, 5) is 34.7. The molecule has 2 amide bonds. The van der Waals surface area contributed by atoms with Crippen LogP contribution >= 0.6 is 0 Å². The summed E-state index contributed by atoms with van der Waals surface area (Å²) in [7, 11) is 1.24. The van der Waals surface area contributed by atoms with Crippen molar-refractivity contribution < 1.29 is 19.1 Å². The number of benzene rings is 1. The van der Waals surface area contributed by atoms with Crippen molar-refractivity contribution in [2.45, 2.75) is 58.3 Å². The number of anilines is 1. The molecule has 0 heterocycles. The second kappa shape index (κ2) is 16.0. The summed E-state index contributed by atoms with van der Waals surface area (Å²) < 4.78 is 4.44. The lowest BCUT2D eigenvalue weighted by molar-refractivity contribution is -0.135. The van der Waals surface area contributed by atoms with Crippen molar-refractivity contribution in [3.63, 3.8) is 0 Å². The highest BCUT2D eigenvalue weighted by Gasteiger charge is 2.01. The fourth-order valence-electron chi connectivity index (χ4n) is 2.82. The van der Waals surface area contributed by atoms with Crippen LogP contribution in [0.15, 0.2) is 42.5 Å². The Kier molecular flexibility index (Phi) is 13.4.